The van der Waals surface area contributed by atoms with Crippen LogP contribution in [0.3, 0.4) is 0 Å². The van der Waals surface area contributed by atoms with Crippen molar-refractivity contribution in [3.63, 3.8) is 0 Å². The maximum atomic E-state index is 14.4. The highest BCUT2D eigenvalue weighted by atomic mass is 127. The van der Waals surface area contributed by atoms with E-state index in [1.807, 2.05) is 6.07 Å². The number of fused-ring (bicyclic) bond motifs is 1. The van der Waals surface area contributed by atoms with Crippen molar-refractivity contribution in [2.24, 2.45) is 0 Å². The number of pyridine rings is 1. The molecule has 3 aromatic rings. The highest BCUT2D eigenvalue weighted by Crippen LogP contribution is 2.42. The lowest BCUT2D eigenvalue weighted by atomic mass is 10.0. The van der Waals surface area contributed by atoms with Gasteiger partial charge < -0.3 is 25.1 Å². The molecule has 0 saturated carbocycles. The molecule has 35 heavy (non-hydrogen) atoms. The topological polar surface area (TPSA) is 88.3 Å². The number of anilines is 2. The van der Waals surface area contributed by atoms with Gasteiger partial charge in [-0.25, -0.2) is 4.39 Å². The van der Waals surface area contributed by atoms with E-state index in [1.54, 1.807) is 24.5 Å². The number of carbonyl (C=O) groups is 1. The molecule has 0 bridgehead atoms. The number of methoxy groups -OCH3 is 1. The Kier molecular flexibility index (Phi) is 7.94. The number of para-hydroxylation sites is 1. The number of nitrogens with zero attached hydrogens (tertiary/aromatic N) is 1. The van der Waals surface area contributed by atoms with Crippen molar-refractivity contribution in [1.82, 2.24) is 15.3 Å². The predicted molar refractivity (Wildman–Crippen MR) is 144 cm³/mol. The molecule has 1 aliphatic heterocycles. The van der Waals surface area contributed by atoms with Crippen LogP contribution >= 0.6 is 22.6 Å². The van der Waals surface area contributed by atoms with E-state index in [-0.39, 0.29) is 11.7 Å². The van der Waals surface area contributed by atoms with Crippen LogP contribution in [-0.2, 0) is 6.42 Å². The summed E-state index contributed by atoms with van der Waals surface area (Å²) >= 11 is 2.36. The molecule has 9 heteroatoms. The fourth-order valence-corrected chi connectivity index (χ4v) is 4.65. The van der Waals surface area contributed by atoms with Crippen LogP contribution in [0, 0.1) is 5.82 Å². The first-order valence-electron chi connectivity index (χ1n) is 11.4. The van der Waals surface area contributed by atoms with Crippen molar-refractivity contribution < 1.29 is 18.7 Å². The zero-order valence-electron chi connectivity index (χ0n) is 19.9. The second kappa shape index (κ2) is 11.1. The van der Waals surface area contributed by atoms with Gasteiger partial charge in [-0.3, -0.25) is 9.78 Å². The molecule has 7 nitrogen and oxygen atoms in total. The second-order valence-electron chi connectivity index (χ2n) is 8.34. The van der Waals surface area contributed by atoms with Crippen molar-refractivity contribution in [3.8, 4) is 22.8 Å². The van der Waals surface area contributed by atoms with Gasteiger partial charge in [0.15, 0.2) is 11.6 Å². The zero-order chi connectivity index (χ0) is 24.9. The number of allylic oxidation sites excluding steroid dienone is 1. The number of aromatic amines is 1. The fraction of sp³-hybridized carbons (Fsp3) is 0.308. The van der Waals surface area contributed by atoms with Gasteiger partial charge in [0.25, 0.3) is 5.91 Å². The van der Waals surface area contributed by atoms with Crippen molar-refractivity contribution in [3.05, 3.63) is 64.9 Å². The smallest absolute Gasteiger partial charge is 0.255 e. The Hall–Kier alpha value is -3.08. The van der Waals surface area contributed by atoms with Gasteiger partial charge >= 0.3 is 0 Å². The number of hydrogen-bond acceptors (Lipinski definition) is 5. The molecule has 3 heterocycles. The normalized spacial score (nSPS) is 13.6. The molecule has 1 amide bonds. The minimum atomic E-state index is -0.494. The molecule has 184 valence electrons. The van der Waals surface area contributed by atoms with Crippen LogP contribution in [0.15, 0.2) is 47.8 Å². The van der Waals surface area contributed by atoms with Crippen LogP contribution in [0.25, 0.3) is 11.3 Å². The Balaban J connectivity index is 1.75. The SMILES string of the molecule is COc1c(F)cccc1Nc1c(-c2ccncc2OCC/C(C)=C(/C)CI)[nH]c2c1C(=O)NCC2. The third-order valence-corrected chi connectivity index (χ3v) is 7.26. The number of ether oxygens (including phenoxy) is 2. The summed E-state index contributed by atoms with van der Waals surface area (Å²) in [5.74, 6) is -0.0198. The standard InChI is InChI=1S/C26H28FIN4O3/c1-15(16(2)13-28)9-12-35-21-14-29-10-7-17(21)23-24(22-19(31-23)8-11-30-26(22)33)32-20-6-4-5-18(27)25(20)34-3/h4-7,10,14,31-32H,8-9,11-13H2,1-3H3,(H,30,33)/b16-15-. The molecule has 2 aromatic heterocycles. The van der Waals surface area contributed by atoms with E-state index in [4.69, 9.17) is 9.47 Å². The van der Waals surface area contributed by atoms with E-state index < -0.39 is 5.82 Å². The first-order chi connectivity index (χ1) is 16.9. The van der Waals surface area contributed by atoms with Gasteiger partial charge in [-0.15, -0.1) is 0 Å². The van der Waals surface area contributed by atoms with Crippen molar-refractivity contribution in [1.29, 1.82) is 0 Å². The van der Waals surface area contributed by atoms with E-state index in [0.717, 1.165) is 22.1 Å². The molecule has 0 atom stereocenters. The van der Waals surface area contributed by atoms with Crippen LogP contribution in [0.4, 0.5) is 15.8 Å². The molecule has 0 unspecified atom stereocenters. The van der Waals surface area contributed by atoms with Gasteiger partial charge in [-0.05, 0) is 32.0 Å². The maximum Gasteiger partial charge on any atom is 0.255 e. The van der Waals surface area contributed by atoms with Crippen LogP contribution < -0.4 is 20.1 Å². The minimum absolute atomic E-state index is 0.0729. The van der Waals surface area contributed by atoms with Crippen LogP contribution in [0.1, 0.15) is 36.3 Å². The van der Waals surface area contributed by atoms with E-state index in [2.05, 4.69) is 57.0 Å². The van der Waals surface area contributed by atoms with Crippen molar-refractivity contribution >= 4 is 39.9 Å². The number of nitrogens with one attached hydrogen (secondary N) is 3. The van der Waals surface area contributed by atoms with Crippen molar-refractivity contribution in [2.75, 3.05) is 30.0 Å². The Bertz CT molecular complexity index is 1270. The number of amides is 1. The summed E-state index contributed by atoms with van der Waals surface area (Å²) < 4.78 is 26.8. The lowest BCUT2D eigenvalue weighted by Gasteiger charge is -2.17. The van der Waals surface area contributed by atoms with E-state index in [1.165, 1.54) is 24.3 Å². The van der Waals surface area contributed by atoms with E-state index >= 15 is 0 Å². The molecule has 0 radical (unpaired) electrons. The van der Waals surface area contributed by atoms with Gasteiger partial charge in [-0.1, -0.05) is 39.8 Å². The molecule has 1 aromatic carbocycles. The van der Waals surface area contributed by atoms with Crippen LogP contribution in [0.2, 0.25) is 0 Å². The fourth-order valence-electron chi connectivity index (χ4n) is 4.00. The average Bonchev–Trinajstić information content (AvgIpc) is 3.23. The molecule has 0 aliphatic carbocycles. The summed E-state index contributed by atoms with van der Waals surface area (Å²) in [6.45, 7) is 5.29. The van der Waals surface area contributed by atoms with Crippen molar-refractivity contribution in [2.45, 2.75) is 26.7 Å². The summed E-state index contributed by atoms with van der Waals surface area (Å²) in [7, 11) is 1.41. The number of carbonyl (C=O) groups excluding carboxylic acids is 1. The first-order valence-corrected chi connectivity index (χ1v) is 12.9. The summed E-state index contributed by atoms with van der Waals surface area (Å²) in [6, 6.07) is 6.47. The summed E-state index contributed by atoms with van der Waals surface area (Å²) in [5, 5.41) is 6.15. The summed E-state index contributed by atoms with van der Waals surface area (Å²) in [4.78, 5) is 20.5. The first kappa shape index (κ1) is 25.0. The molecular weight excluding hydrogens is 562 g/mol. The number of benzene rings is 1. The second-order valence-corrected chi connectivity index (χ2v) is 9.11. The van der Waals surface area contributed by atoms with Gasteiger partial charge in [0.1, 0.15) is 5.75 Å². The van der Waals surface area contributed by atoms with Crippen LogP contribution in [-0.4, -0.2) is 40.6 Å². The highest BCUT2D eigenvalue weighted by Gasteiger charge is 2.29. The van der Waals surface area contributed by atoms with Gasteiger partial charge in [0.05, 0.1) is 42.5 Å². The molecule has 0 saturated heterocycles. The summed E-state index contributed by atoms with van der Waals surface area (Å²) in [6.07, 6.45) is 4.81. The molecule has 3 N–H and O–H groups in total. The largest absolute Gasteiger partial charge is 0.492 e. The van der Waals surface area contributed by atoms with Gasteiger partial charge in [0, 0.05) is 41.3 Å². The third-order valence-electron chi connectivity index (χ3n) is 6.11. The Morgan fingerprint density at radius 2 is 2.09 bits per heavy atom. The number of alkyl halides is 1. The number of aromatic nitrogens is 2. The van der Waals surface area contributed by atoms with Gasteiger partial charge in [0.2, 0.25) is 0 Å². The highest BCUT2D eigenvalue weighted by molar-refractivity contribution is 14.1. The summed E-state index contributed by atoms with van der Waals surface area (Å²) in [5.41, 5.74) is 6.34. The molecule has 1 aliphatic rings. The van der Waals surface area contributed by atoms with Crippen LogP contribution in [0.5, 0.6) is 11.5 Å². The monoisotopic (exact) mass is 590 g/mol. The van der Waals surface area contributed by atoms with E-state index in [0.29, 0.717) is 48.0 Å². The lowest BCUT2D eigenvalue weighted by Crippen LogP contribution is -2.31. The number of H-pyrrole nitrogens is 1. The Morgan fingerprint density at radius 3 is 2.86 bits per heavy atom. The molecule has 0 spiro atoms. The third kappa shape index (κ3) is 5.29. The zero-order valence-corrected chi connectivity index (χ0v) is 22.1. The lowest BCUT2D eigenvalue weighted by molar-refractivity contribution is 0.0947. The van der Waals surface area contributed by atoms with E-state index in [9.17, 15) is 9.18 Å². The minimum Gasteiger partial charge on any atom is -0.492 e. The number of rotatable bonds is 9. The molecule has 4 rings (SSSR count). The Morgan fingerprint density at radius 1 is 1.26 bits per heavy atom. The molecule has 0 fully saturated rings. The number of halogens is 2. The molecular formula is C26H28FIN4O3. The maximum absolute atomic E-state index is 14.4. The predicted octanol–water partition coefficient (Wildman–Crippen LogP) is 5.79. The quantitative estimate of drug-likeness (QED) is 0.167. The van der Waals surface area contributed by atoms with Gasteiger partial charge in [-0.2, -0.15) is 0 Å². The number of hydrogen-bond donors (Lipinski definition) is 3. The Labute approximate surface area is 217 Å². The average molecular weight is 590 g/mol.